The summed E-state index contributed by atoms with van der Waals surface area (Å²) in [7, 11) is -1.07. The van der Waals surface area contributed by atoms with Crippen molar-refractivity contribution in [2.24, 2.45) is 0 Å². The van der Waals surface area contributed by atoms with Gasteiger partial charge in [0, 0.05) is 25.3 Å². The molecule has 0 bridgehead atoms. The van der Waals surface area contributed by atoms with Crippen molar-refractivity contribution in [3.63, 3.8) is 0 Å². The van der Waals surface area contributed by atoms with E-state index in [2.05, 4.69) is 34.3 Å². The van der Waals surface area contributed by atoms with E-state index in [9.17, 15) is 8.42 Å². The Hall–Kier alpha value is -2.15. The van der Waals surface area contributed by atoms with Gasteiger partial charge < -0.3 is 10.2 Å². The molecule has 1 aromatic heterocycles. The highest BCUT2D eigenvalue weighted by Crippen LogP contribution is 2.22. The van der Waals surface area contributed by atoms with Gasteiger partial charge in [-0.15, -0.1) is 0 Å². The average molecular weight is 346 g/mol. The van der Waals surface area contributed by atoms with Crippen LogP contribution in [0.5, 0.6) is 0 Å². The molecule has 1 aliphatic rings. The maximum atomic E-state index is 11.7. The zero-order chi connectivity index (χ0) is 17.2. The highest BCUT2D eigenvalue weighted by Gasteiger charge is 2.31. The van der Waals surface area contributed by atoms with Crippen LogP contribution in [0.1, 0.15) is 24.9 Å². The number of rotatable bonds is 5. The third kappa shape index (κ3) is 3.84. The number of sulfone groups is 1. The second-order valence-electron chi connectivity index (χ2n) is 6.19. The van der Waals surface area contributed by atoms with E-state index in [4.69, 9.17) is 0 Å². The molecule has 7 heteroatoms. The van der Waals surface area contributed by atoms with Gasteiger partial charge in [0.25, 0.3) is 0 Å². The maximum Gasteiger partial charge on any atom is 0.227 e. The van der Waals surface area contributed by atoms with Crippen LogP contribution >= 0.6 is 0 Å². The Morgan fingerprint density at radius 3 is 2.67 bits per heavy atom. The molecule has 0 amide bonds. The lowest BCUT2D eigenvalue weighted by Crippen LogP contribution is -2.34. The zero-order valence-electron chi connectivity index (χ0n) is 13.9. The van der Waals surface area contributed by atoms with E-state index >= 15 is 0 Å². The highest BCUT2D eigenvalue weighted by molar-refractivity contribution is 7.91. The van der Waals surface area contributed by atoms with E-state index in [1.807, 2.05) is 36.2 Å². The molecule has 1 aliphatic heterocycles. The molecular formula is C17H22N4O2S. The second-order valence-corrected chi connectivity index (χ2v) is 8.42. The second kappa shape index (κ2) is 6.76. The van der Waals surface area contributed by atoms with Crippen LogP contribution < -0.4 is 10.2 Å². The van der Waals surface area contributed by atoms with Gasteiger partial charge in [-0.2, -0.15) is 4.98 Å². The molecule has 1 aromatic carbocycles. The Morgan fingerprint density at radius 1 is 1.25 bits per heavy atom. The Balaban J connectivity index is 1.72. The molecule has 1 saturated heterocycles. The summed E-state index contributed by atoms with van der Waals surface area (Å²) in [5, 5.41) is 3.36. The molecule has 24 heavy (non-hydrogen) atoms. The fourth-order valence-electron chi connectivity index (χ4n) is 2.89. The molecule has 2 unspecified atom stereocenters. The fourth-order valence-corrected chi connectivity index (χ4v) is 4.66. The minimum Gasteiger partial charge on any atom is -0.363 e. The van der Waals surface area contributed by atoms with Crippen molar-refractivity contribution in [1.29, 1.82) is 0 Å². The highest BCUT2D eigenvalue weighted by atomic mass is 32.2. The molecule has 0 spiro atoms. The molecule has 3 rings (SSSR count). The summed E-state index contributed by atoms with van der Waals surface area (Å²) in [6.45, 7) is 2.07. The number of nitrogens with one attached hydrogen (secondary N) is 1. The normalized spacial score (nSPS) is 20.5. The third-order valence-corrected chi connectivity index (χ3v) is 6.13. The van der Waals surface area contributed by atoms with E-state index in [-0.39, 0.29) is 23.6 Å². The first-order valence-electron chi connectivity index (χ1n) is 8.02. The molecule has 0 aliphatic carbocycles. The number of nitrogens with zero attached hydrogens (tertiary/aromatic N) is 3. The molecule has 1 N–H and O–H groups in total. The Morgan fingerprint density at radius 2 is 2.00 bits per heavy atom. The lowest BCUT2D eigenvalue weighted by molar-refractivity contribution is 0.600. The monoisotopic (exact) mass is 346 g/mol. The number of aromatic nitrogens is 2. The number of anilines is 2. The molecule has 0 radical (unpaired) electrons. The molecular weight excluding hydrogens is 324 g/mol. The largest absolute Gasteiger partial charge is 0.363 e. The van der Waals surface area contributed by atoms with E-state index in [0.29, 0.717) is 12.4 Å². The van der Waals surface area contributed by atoms with Crippen molar-refractivity contribution in [2.75, 3.05) is 28.8 Å². The van der Waals surface area contributed by atoms with Crippen molar-refractivity contribution >= 4 is 21.6 Å². The number of hydrogen-bond donors (Lipinski definition) is 1. The van der Waals surface area contributed by atoms with Gasteiger partial charge >= 0.3 is 0 Å². The van der Waals surface area contributed by atoms with Gasteiger partial charge in [0.1, 0.15) is 5.82 Å². The van der Waals surface area contributed by atoms with E-state index in [1.54, 1.807) is 6.20 Å². The van der Waals surface area contributed by atoms with Crippen molar-refractivity contribution in [1.82, 2.24) is 9.97 Å². The van der Waals surface area contributed by atoms with Crippen LogP contribution in [0.4, 0.5) is 11.8 Å². The lowest BCUT2D eigenvalue weighted by Gasteiger charge is -2.24. The topological polar surface area (TPSA) is 75.2 Å². The minimum absolute atomic E-state index is 0.0585. The SMILES string of the molecule is CC(Nc1ccnc(N(C)C2CCS(=O)(=O)C2)n1)c1ccccc1. The molecule has 2 atom stereocenters. The molecule has 2 aromatic rings. The Bertz CT molecular complexity index is 795. The average Bonchev–Trinajstić information content (AvgIpc) is 2.95. The standard InChI is InChI=1S/C17H22N4O2S/c1-13(14-6-4-3-5-7-14)19-16-8-10-18-17(20-16)21(2)15-9-11-24(22,23)12-15/h3-8,10,13,15H,9,11-12H2,1-2H3,(H,18,19,20). The molecule has 0 saturated carbocycles. The zero-order valence-corrected chi connectivity index (χ0v) is 14.7. The van der Waals surface area contributed by atoms with E-state index < -0.39 is 9.84 Å². The summed E-state index contributed by atoms with van der Waals surface area (Å²) in [6, 6.07) is 12.0. The van der Waals surface area contributed by atoms with Crippen molar-refractivity contribution < 1.29 is 8.42 Å². The van der Waals surface area contributed by atoms with Crippen LogP contribution in [0.25, 0.3) is 0 Å². The van der Waals surface area contributed by atoms with Gasteiger partial charge in [0.15, 0.2) is 9.84 Å². The molecule has 2 heterocycles. The van der Waals surface area contributed by atoms with Crippen LogP contribution in [-0.2, 0) is 9.84 Å². The Kier molecular flexibility index (Phi) is 4.71. The van der Waals surface area contributed by atoms with Crippen LogP contribution in [0.15, 0.2) is 42.6 Å². The number of benzene rings is 1. The first-order valence-corrected chi connectivity index (χ1v) is 9.84. The maximum absolute atomic E-state index is 11.7. The van der Waals surface area contributed by atoms with Gasteiger partial charge in [-0.3, -0.25) is 0 Å². The van der Waals surface area contributed by atoms with Crippen LogP contribution in [0.2, 0.25) is 0 Å². The third-order valence-electron chi connectivity index (χ3n) is 4.38. The van der Waals surface area contributed by atoms with Crippen LogP contribution in [0, 0.1) is 0 Å². The summed E-state index contributed by atoms with van der Waals surface area (Å²) in [4.78, 5) is 10.7. The Labute approximate surface area is 142 Å². The van der Waals surface area contributed by atoms with Gasteiger partial charge in [-0.25, -0.2) is 13.4 Å². The van der Waals surface area contributed by atoms with Gasteiger partial charge in [0.05, 0.1) is 11.5 Å². The van der Waals surface area contributed by atoms with Crippen molar-refractivity contribution in [3.05, 3.63) is 48.2 Å². The first-order chi connectivity index (χ1) is 11.4. The summed E-state index contributed by atoms with van der Waals surface area (Å²) < 4.78 is 23.3. The quantitative estimate of drug-likeness (QED) is 0.895. The number of hydrogen-bond acceptors (Lipinski definition) is 6. The molecule has 6 nitrogen and oxygen atoms in total. The predicted octanol–water partition coefficient (Wildman–Crippen LogP) is 2.27. The van der Waals surface area contributed by atoms with Crippen LogP contribution in [-0.4, -0.2) is 43.0 Å². The summed E-state index contributed by atoms with van der Waals surface area (Å²) in [5.41, 5.74) is 1.17. The first kappa shape index (κ1) is 16.7. The summed E-state index contributed by atoms with van der Waals surface area (Å²) >= 11 is 0. The molecule has 128 valence electrons. The van der Waals surface area contributed by atoms with Crippen molar-refractivity contribution in [3.8, 4) is 0 Å². The fraction of sp³-hybridized carbons (Fsp3) is 0.412. The van der Waals surface area contributed by atoms with E-state index in [0.717, 1.165) is 5.82 Å². The van der Waals surface area contributed by atoms with Gasteiger partial charge in [-0.1, -0.05) is 30.3 Å². The summed E-state index contributed by atoms with van der Waals surface area (Å²) in [5.74, 6) is 1.68. The van der Waals surface area contributed by atoms with Crippen molar-refractivity contribution in [2.45, 2.75) is 25.4 Å². The lowest BCUT2D eigenvalue weighted by atomic mass is 10.1. The molecule has 1 fully saturated rings. The van der Waals surface area contributed by atoms with Gasteiger partial charge in [-0.05, 0) is 25.0 Å². The smallest absolute Gasteiger partial charge is 0.227 e. The van der Waals surface area contributed by atoms with E-state index in [1.165, 1.54) is 5.56 Å². The summed E-state index contributed by atoms with van der Waals surface area (Å²) in [6.07, 6.45) is 2.32. The minimum atomic E-state index is -2.93. The van der Waals surface area contributed by atoms with Crippen LogP contribution in [0.3, 0.4) is 0 Å². The van der Waals surface area contributed by atoms with Gasteiger partial charge in [0.2, 0.25) is 5.95 Å². The predicted molar refractivity (Wildman–Crippen MR) is 96.0 cm³/mol.